The summed E-state index contributed by atoms with van der Waals surface area (Å²) in [4.78, 5) is 6.66. The van der Waals surface area contributed by atoms with Gasteiger partial charge in [-0.2, -0.15) is 0 Å². The number of aliphatic hydroxyl groups is 1. The fourth-order valence-corrected chi connectivity index (χ4v) is 3.31. The number of hydrogen-bond donors (Lipinski definition) is 2. The van der Waals surface area contributed by atoms with Crippen molar-refractivity contribution in [1.29, 1.82) is 0 Å². The first kappa shape index (κ1) is 17.1. The van der Waals surface area contributed by atoms with Gasteiger partial charge in [0.2, 0.25) is 0 Å². The molecule has 128 valence electrons. The lowest BCUT2D eigenvalue weighted by atomic mass is 10.0. The van der Waals surface area contributed by atoms with Gasteiger partial charge in [-0.3, -0.25) is 9.88 Å². The highest BCUT2D eigenvalue weighted by Gasteiger charge is 2.19. The third-order valence-corrected chi connectivity index (χ3v) is 4.67. The molecule has 1 aliphatic heterocycles. The summed E-state index contributed by atoms with van der Waals surface area (Å²) in [7, 11) is 0. The Labute approximate surface area is 144 Å². The second-order valence-corrected chi connectivity index (χ2v) is 6.66. The van der Waals surface area contributed by atoms with Crippen molar-refractivity contribution in [3.8, 4) is 0 Å². The number of nitrogens with one attached hydrogen (secondary N) is 1. The van der Waals surface area contributed by atoms with E-state index in [1.54, 1.807) is 0 Å². The van der Waals surface area contributed by atoms with Crippen molar-refractivity contribution >= 4 is 0 Å². The minimum absolute atomic E-state index is 0.319. The Kier molecular flexibility index (Phi) is 6.35. The second-order valence-electron chi connectivity index (χ2n) is 6.66. The summed E-state index contributed by atoms with van der Waals surface area (Å²) < 4.78 is 0. The van der Waals surface area contributed by atoms with E-state index in [1.807, 2.05) is 36.7 Å². The van der Waals surface area contributed by atoms with E-state index in [-0.39, 0.29) is 6.10 Å². The monoisotopic (exact) mass is 325 g/mol. The molecule has 2 N–H and O–H groups in total. The largest absolute Gasteiger partial charge is 0.391 e. The zero-order chi connectivity index (χ0) is 16.6. The van der Waals surface area contributed by atoms with Crippen LogP contribution in [0, 0.1) is 0 Å². The number of hydrogen-bond acceptors (Lipinski definition) is 4. The topological polar surface area (TPSA) is 48.4 Å². The predicted molar refractivity (Wildman–Crippen MR) is 96.7 cm³/mol. The molecule has 4 heteroatoms. The molecule has 1 aromatic heterocycles. The van der Waals surface area contributed by atoms with Gasteiger partial charge in [-0.25, -0.2) is 0 Å². The molecule has 24 heavy (non-hydrogen) atoms. The Bertz CT molecular complexity index is 582. The van der Waals surface area contributed by atoms with Crippen LogP contribution in [0.5, 0.6) is 0 Å². The number of pyridine rings is 1. The molecule has 1 atom stereocenters. The third-order valence-electron chi connectivity index (χ3n) is 4.67. The first-order valence-corrected chi connectivity index (χ1v) is 8.86. The van der Waals surface area contributed by atoms with E-state index in [0.29, 0.717) is 19.0 Å². The highest BCUT2D eigenvalue weighted by molar-refractivity contribution is 5.15. The fraction of sp³-hybridized carbons (Fsp3) is 0.450. The van der Waals surface area contributed by atoms with Crippen molar-refractivity contribution in [3.05, 3.63) is 66.0 Å². The molecule has 1 aromatic carbocycles. The molecule has 4 nitrogen and oxygen atoms in total. The minimum Gasteiger partial charge on any atom is -0.391 e. The Morgan fingerprint density at radius 2 is 1.83 bits per heavy atom. The second kappa shape index (κ2) is 8.92. The van der Waals surface area contributed by atoms with E-state index in [2.05, 4.69) is 33.4 Å². The van der Waals surface area contributed by atoms with Gasteiger partial charge < -0.3 is 10.4 Å². The number of nitrogens with zero attached hydrogens (tertiary/aromatic N) is 2. The maximum atomic E-state index is 10.2. The zero-order valence-corrected chi connectivity index (χ0v) is 14.1. The van der Waals surface area contributed by atoms with Crippen LogP contribution >= 0.6 is 0 Å². The average molecular weight is 325 g/mol. The molecule has 2 aromatic rings. The van der Waals surface area contributed by atoms with Crippen LogP contribution in [0.4, 0.5) is 0 Å². The molecule has 0 spiro atoms. The Balaban J connectivity index is 1.35. The number of aliphatic hydroxyl groups excluding tert-OH is 1. The van der Waals surface area contributed by atoms with Crippen LogP contribution in [0.25, 0.3) is 0 Å². The van der Waals surface area contributed by atoms with Gasteiger partial charge in [0.25, 0.3) is 0 Å². The van der Waals surface area contributed by atoms with Crippen molar-refractivity contribution < 1.29 is 5.11 Å². The SMILES string of the molecule is OC(CNC1CCN(Cc2cccnc2)CC1)Cc1ccccc1. The van der Waals surface area contributed by atoms with E-state index < -0.39 is 0 Å². The molecule has 0 saturated carbocycles. The summed E-state index contributed by atoms with van der Waals surface area (Å²) >= 11 is 0. The maximum Gasteiger partial charge on any atom is 0.0704 e. The maximum absolute atomic E-state index is 10.2. The Morgan fingerprint density at radius 1 is 1.08 bits per heavy atom. The minimum atomic E-state index is -0.319. The highest BCUT2D eigenvalue weighted by Crippen LogP contribution is 2.13. The molecule has 0 aliphatic carbocycles. The number of likely N-dealkylation sites (tertiary alicyclic amines) is 1. The van der Waals surface area contributed by atoms with Crippen LogP contribution in [0.2, 0.25) is 0 Å². The van der Waals surface area contributed by atoms with Gasteiger partial charge in [-0.1, -0.05) is 36.4 Å². The summed E-state index contributed by atoms with van der Waals surface area (Å²) in [5.74, 6) is 0. The molecule has 1 fully saturated rings. The molecule has 3 rings (SSSR count). The van der Waals surface area contributed by atoms with Gasteiger partial charge in [-0.05, 0) is 49.5 Å². The van der Waals surface area contributed by atoms with Crippen LogP contribution in [0.1, 0.15) is 24.0 Å². The summed E-state index contributed by atoms with van der Waals surface area (Å²) in [6, 6.07) is 14.8. The van der Waals surface area contributed by atoms with Crippen LogP contribution < -0.4 is 5.32 Å². The van der Waals surface area contributed by atoms with Crippen LogP contribution in [-0.2, 0) is 13.0 Å². The predicted octanol–water partition coefficient (Wildman–Crippen LogP) is 2.24. The van der Waals surface area contributed by atoms with Crippen molar-refractivity contribution in [3.63, 3.8) is 0 Å². The molecule has 0 radical (unpaired) electrons. The number of benzene rings is 1. The lowest BCUT2D eigenvalue weighted by Crippen LogP contribution is -2.44. The fourth-order valence-electron chi connectivity index (χ4n) is 3.31. The molecule has 2 heterocycles. The zero-order valence-electron chi connectivity index (χ0n) is 14.1. The molecular weight excluding hydrogens is 298 g/mol. The van der Waals surface area contributed by atoms with Crippen molar-refractivity contribution in [2.75, 3.05) is 19.6 Å². The van der Waals surface area contributed by atoms with E-state index >= 15 is 0 Å². The van der Waals surface area contributed by atoms with Gasteiger partial charge >= 0.3 is 0 Å². The van der Waals surface area contributed by atoms with Gasteiger partial charge in [0.15, 0.2) is 0 Å². The van der Waals surface area contributed by atoms with Crippen LogP contribution in [0.15, 0.2) is 54.9 Å². The summed E-state index contributed by atoms with van der Waals surface area (Å²) in [6.07, 6.45) is 6.44. The average Bonchev–Trinajstić information content (AvgIpc) is 2.63. The molecule has 0 bridgehead atoms. The lowest BCUT2D eigenvalue weighted by Gasteiger charge is -2.32. The molecular formula is C20H27N3O. The van der Waals surface area contributed by atoms with Gasteiger partial charge in [0, 0.05) is 31.5 Å². The normalized spacial score (nSPS) is 17.7. The van der Waals surface area contributed by atoms with E-state index in [1.165, 1.54) is 11.1 Å². The van der Waals surface area contributed by atoms with Crippen molar-refractivity contribution in [2.45, 2.75) is 38.0 Å². The van der Waals surface area contributed by atoms with Crippen LogP contribution in [0.3, 0.4) is 0 Å². The number of piperidine rings is 1. The van der Waals surface area contributed by atoms with E-state index in [0.717, 1.165) is 32.5 Å². The first-order valence-electron chi connectivity index (χ1n) is 8.86. The quantitative estimate of drug-likeness (QED) is 0.820. The van der Waals surface area contributed by atoms with E-state index in [9.17, 15) is 5.11 Å². The summed E-state index contributed by atoms with van der Waals surface area (Å²) in [5, 5.41) is 13.7. The van der Waals surface area contributed by atoms with E-state index in [4.69, 9.17) is 0 Å². The summed E-state index contributed by atoms with van der Waals surface area (Å²) in [5.41, 5.74) is 2.47. The number of aromatic nitrogens is 1. The summed E-state index contributed by atoms with van der Waals surface area (Å²) in [6.45, 7) is 3.85. The molecule has 1 aliphatic rings. The Morgan fingerprint density at radius 3 is 2.54 bits per heavy atom. The van der Waals surface area contributed by atoms with Gasteiger partial charge in [0.1, 0.15) is 0 Å². The number of rotatable bonds is 7. The Hall–Kier alpha value is -1.75. The first-order chi connectivity index (χ1) is 11.8. The molecule has 1 unspecified atom stereocenters. The van der Waals surface area contributed by atoms with Gasteiger partial charge in [0.05, 0.1) is 6.10 Å². The molecule has 1 saturated heterocycles. The third kappa shape index (κ3) is 5.41. The van der Waals surface area contributed by atoms with Gasteiger partial charge in [-0.15, -0.1) is 0 Å². The van der Waals surface area contributed by atoms with Crippen molar-refractivity contribution in [2.24, 2.45) is 0 Å². The smallest absolute Gasteiger partial charge is 0.0704 e. The lowest BCUT2D eigenvalue weighted by molar-refractivity contribution is 0.148. The highest BCUT2D eigenvalue weighted by atomic mass is 16.3. The van der Waals surface area contributed by atoms with Crippen LogP contribution in [-0.4, -0.2) is 46.8 Å². The standard InChI is InChI=1S/C20H27N3O/c24-20(13-17-5-2-1-3-6-17)15-22-19-8-11-23(12-9-19)16-18-7-4-10-21-14-18/h1-7,10,14,19-20,22,24H,8-9,11-13,15-16H2. The molecule has 0 amide bonds. The van der Waals surface area contributed by atoms with Crippen molar-refractivity contribution in [1.82, 2.24) is 15.2 Å².